The number of H-pyrrole nitrogens is 1. The molecule has 0 bridgehead atoms. The normalized spacial score (nSPS) is 20.2. The molecule has 2 aliphatic heterocycles. The molecule has 6 rings (SSSR count). The van der Waals surface area contributed by atoms with Gasteiger partial charge in [-0.3, -0.25) is 14.8 Å². The largest absolute Gasteiger partial charge is 0.336 e. The van der Waals surface area contributed by atoms with Crippen molar-refractivity contribution < 1.29 is 4.79 Å². The van der Waals surface area contributed by atoms with E-state index in [2.05, 4.69) is 56.6 Å². The summed E-state index contributed by atoms with van der Waals surface area (Å²) >= 11 is 0. The minimum Gasteiger partial charge on any atom is -0.336 e. The van der Waals surface area contributed by atoms with Crippen LogP contribution >= 0.6 is 0 Å². The Hall–Kier alpha value is -3.85. The highest BCUT2D eigenvalue weighted by atomic mass is 16.2. The Balaban J connectivity index is 1.10. The van der Waals surface area contributed by atoms with E-state index in [-0.39, 0.29) is 11.9 Å². The zero-order valence-electron chi connectivity index (χ0n) is 19.9. The maximum Gasteiger partial charge on any atom is 0.254 e. The third-order valence-corrected chi connectivity index (χ3v) is 7.19. The minimum atomic E-state index is 0.0586. The molecule has 1 amide bonds. The summed E-state index contributed by atoms with van der Waals surface area (Å²) in [4.78, 5) is 27.0. The Kier molecular flexibility index (Phi) is 5.41. The number of rotatable bonds is 4. The lowest BCUT2D eigenvalue weighted by atomic mass is 9.96. The monoisotopic (exact) mass is 468 g/mol. The van der Waals surface area contributed by atoms with Gasteiger partial charge in [0, 0.05) is 54.7 Å². The maximum atomic E-state index is 13.2. The number of nitrogens with zero attached hydrogens (tertiary/aromatic N) is 6. The van der Waals surface area contributed by atoms with Crippen molar-refractivity contribution in [2.45, 2.75) is 51.9 Å². The van der Waals surface area contributed by atoms with Gasteiger partial charge in [0.05, 0.1) is 11.2 Å². The Morgan fingerprint density at radius 1 is 1.14 bits per heavy atom. The van der Waals surface area contributed by atoms with Crippen LogP contribution in [0.5, 0.6) is 0 Å². The van der Waals surface area contributed by atoms with Crippen LogP contribution in [0, 0.1) is 6.92 Å². The zero-order valence-corrected chi connectivity index (χ0v) is 19.9. The molecule has 0 aliphatic carbocycles. The molecule has 4 heterocycles. The van der Waals surface area contributed by atoms with Crippen LogP contribution < -0.4 is 5.32 Å². The maximum absolute atomic E-state index is 13.2. The van der Waals surface area contributed by atoms with Crippen molar-refractivity contribution in [1.29, 1.82) is 0 Å². The number of piperidine rings is 1. The van der Waals surface area contributed by atoms with Gasteiger partial charge in [-0.1, -0.05) is 22.9 Å². The summed E-state index contributed by atoms with van der Waals surface area (Å²) in [5, 5.41) is 14.0. The van der Waals surface area contributed by atoms with Gasteiger partial charge in [-0.25, -0.2) is 9.97 Å². The van der Waals surface area contributed by atoms with Crippen molar-refractivity contribution in [1.82, 2.24) is 35.2 Å². The van der Waals surface area contributed by atoms with E-state index in [9.17, 15) is 4.79 Å². The molecule has 2 aliphatic rings. The molecule has 9 nitrogen and oxygen atoms in total. The predicted octanol–water partition coefficient (Wildman–Crippen LogP) is 3.81. The summed E-state index contributed by atoms with van der Waals surface area (Å²) in [5.41, 5.74) is 6.69. The van der Waals surface area contributed by atoms with Crippen molar-refractivity contribution >= 4 is 28.6 Å². The van der Waals surface area contributed by atoms with E-state index in [4.69, 9.17) is 4.98 Å². The molecule has 2 atom stereocenters. The van der Waals surface area contributed by atoms with Crippen molar-refractivity contribution in [3.05, 3.63) is 71.0 Å². The smallest absolute Gasteiger partial charge is 0.254 e. The van der Waals surface area contributed by atoms with Gasteiger partial charge in [0.2, 0.25) is 5.95 Å². The first kappa shape index (κ1) is 21.7. The van der Waals surface area contributed by atoms with Crippen molar-refractivity contribution in [2.24, 2.45) is 0 Å². The van der Waals surface area contributed by atoms with E-state index in [1.54, 1.807) is 0 Å². The number of nitrogens with one attached hydrogen (secondary N) is 2. The fourth-order valence-electron chi connectivity index (χ4n) is 5.18. The molecule has 0 unspecified atom stereocenters. The number of amides is 1. The third kappa shape index (κ3) is 4.23. The zero-order chi connectivity index (χ0) is 23.9. The molecule has 2 N–H and O–H groups in total. The highest BCUT2D eigenvalue weighted by Gasteiger charge is 2.35. The molecule has 9 heteroatoms. The number of aryl methyl sites for hydroxylation is 1. The van der Waals surface area contributed by atoms with Crippen LogP contribution in [0.15, 0.2) is 48.7 Å². The lowest BCUT2D eigenvalue weighted by molar-refractivity contribution is 0.0460. The average Bonchev–Trinajstić information content (AvgIpc) is 3.51. The number of carbonyl (C=O) groups excluding carboxylic acids is 1. The second-order valence-corrected chi connectivity index (χ2v) is 9.63. The van der Waals surface area contributed by atoms with Crippen LogP contribution in [0.25, 0.3) is 11.0 Å². The van der Waals surface area contributed by atoms with Gasteiger partial charge in [0.25, 0.3) is 5.91 Å². The number of aromatic amines is 1. The van der Waals surface area contributed by atoms with Gasteiger partial charge in [-0.15, -0.1) is 5.10 Å². The van der Waals surface area contributed by atoms with Crippen LogP contribution in [-0.2, 0) is 13.1 Å². The number of aromatic nitrogens is 5. The number of anilines is 2. The number of likely N-dealkylation sites (tertiary alicyclic amines) is 1. The summed E-state index contributed by atoms with van der Waals surface area (Å²) in [7, 11) is 0. The highest BCUT2D eigenvalue weighted by Crippen LogP contribution is 2.31. The molecule has 2 aromatic heterocycles. The van der Waals surface area contributed by atoms with Gasteiger partial charge >= 0.3 is 0 Å². The van der Waals surface area contributed by atoms with Crippen LogP contribution in [0.4, 0.5) is 11.6 Å². The Labute approximate surface area is 203 Å². The molecule has 4 aromatic rings. The topological polar surface area (TPSA) is 103 Å². The second kappa shape index (κ2) is 8.74. The molecule has 0 spiro atoms. The van der Waals surface area contributed by atoms with E-state index >= 15 is 0 Å². The molecule has 1 saturated heterocycles. The van der Waals surface area contributed by atoms with Crippen molar-refractivity contribution in [3.63, 3.8) is 0 Å². The first-order valence-corrected chi connectivity index (χ1v) is 12.1. The van der Waals surface area contributed by atoms with Crippen LogP contribution in [0.2, 0.25) is 0 Å². The Bertz CT molecular complexity index is 1380. The van der Waals surface area contributed by atoms with E-state index in [0.717, 1.165) is 49.4 Å². The van der Waals surface area contributed by atoms with Gasteiger partial charge in [-0.05, 0) is 57.0 Å². The number of hydrogen-bond acceptors (Lipinski definition) is 7. The summed E-state index contributed by atoms with van der Waals surface area (Å²) in [6.07, 6.45) is 3.83. The summed E-state index contributed by atoms with van der Waals surface area (Å²) < 4.78 is 0. The van der Waals surface area contributed by atoms with Crippen LogP contribution in [-0.4, -0.2) is 59.7 Å². The van der Waals surface area contributed by atoms with Crippen LogP contribution in [0.3, 0.4) is 0 Å². The first-order valence-electron chi connectivity index (χ1n) is 12.1. The Morgan fingerprint density at radius 2 is 2.00 bits per heavy atom. The van der Waals surface area contributed by atoms with E-state index < -0.39 is 0 Å². The van der Waals surface area contributed by atoms with Crippen molar-refractivity contribution in [2.75, 3.05) is 11.9 Å². The molecule has 35 heavy (non-hydrogen) atoms. The molecule has 2 aromatic carbocycles. The van der Waals surface area contributed by atoms with Gasteiger partial charge in [-0.2, -0.15) is 0 Å². The fraction of sp³-hybridized carbons (Fsp3) is 0.346. The molecular formula is C26H28N8O. The summed E-state index contributed by atoms with van der Waals surface area (Å²) in [6.45, 7) is 6.62. The van der Waals surface area contributed by atoms with Crippen molar-refractivity contribution in [3.8, 4) is 0 Å². The standard InChI is InChI=1S/C26H28N8O/c1-16-3-6-20(7-4-16)28-26-27-13-19-14-33(15-24(19)29-26)21-9-10-34(17(2)11-21)25(35)18-5-8-22-23(12-18)31-32-30-22/h3-8,12-13,17,21H,9-11,14-15H2,1-2H3,(H,27,28,29)(H,30,31,32)/t17-,21+/m1/s1. The van der Waals surface area contributed by atoms with Crippen LogP contribution in [0.1, 0.15) is 46.9 Å². The minimum absolute atomic E-state index is 0.0586. The lowest BCUT2D eigenvalue weighted by Gasteiger charge is -2.41. The molecule has 1 fully saturated rings. The number of carbonyl (C=O) groups is 1. The van der Waals surface area contributed by atoms with E-state index in [0.29, 0.717) is 23.1 Å². The average molecular weight is 469 g/mol. The third-order valence-electron chi connectivity index (χ3n) is 7.19. The summed E-state index contributed by atoms with van der Waals surface area (Å²) in [6, 6.07) is 14.3. The number of hydrogen-bond donors (Lipinski definition) is 2. The Morgan fingerprint density at radius 3 is 2.83 bits per heavy atom. The van der Waals surface area contributed by atoms with Gasteiger partial charge < -0.3 is 10.2 Å². The first-order chi connectivity index (χ1) is 17.0. The second-order valence-electron chi connectivity index (χ2n) is 9.63. The quantitative estimate of drug-likeness (QED) is 0.469. The predicted molar refractivity (Wildman–Crippen MR) is 133 cm³/mol. The number of fused-ring (bicyclic) bond motifs is 2. The number of benzene rings is 2. The van der Waals surface area contributed by atoms with E-state index in [1.165, 1.54) is 11.1 Å². The highest BCUT2D eigenvalue weighted by molar-refractivity contribution is 5.97. The van der Waals surface area contributed by atoms with E-state index in [1.807, 2.05) is 41.4 Å². The lowest BCUT2D eigenvalue weighted by Crippen LogP contribution is -2.50. The molecule has 0 saturated carbocycles. The molecular weight excluding hydrogens is 440 g/mol. The molecule has 178 valence electrons. The van der Waals surface area contributed by atoms with Gasteiger partial charge in [0.15, 0.2) is 0 Å². The van der Waals surface area contributed by atoms with Gasteiger partial charge in [0.1, 0.15) is 5.52 Å². The fourth-order valence-corrected chi connectivity index (χ4v) is 5.18. The summed E-state index contributed by atoms with van der Waals surface area (Å²) in [5.74, 6) is 0.690. The SMILES string of the molecule is Cc1ccc(Nc2ncc3c(n2)CN([C@H]2CCN(C(=O)c4ccc5[nH]nnc5c4)[C@H](C)C2)C3)cc1. The molecule has 0 radical (unpaired) electrons.